The second-order valence-corrected chi connectivity index (χ2v) is 15.0. The maximum atomic E-state index is 3.62. The van der Waals surface area contributed by atoms with E-state index in [-0.39, 0.29) is 0 Å². The standard InChI is InChI=1S/C26H22P2Se/c29-28(25-17-9-3-10-18-25,26-19-11-4-12-20-26)22-21-27(23-13-5-1-6-14-23)24-15-7-2-8-16-24/h1-22H/b22-21+. The fourth-order valence-electron chi connectivity index (χ4n) is 3.28. The van der Waals surface area contributed by atoms with E-state index in [1.807, 2.05) is 0 Å². The van der Waals surface area contributed by atoms with Crippen LogP contribution in [-0.4, -0.2) is 15.1 Å². The Balaban J connectivity index is 1.82. The first-order chi connectivity index (χ1) is 14.3. The Morgan fingerprint density at radius 1 is 0.517 bits per heavy atom. The fraction of sp³-hybridized carbons (Fsp3) is 0. The van der Waals surface area contributed by atoms with Crippen molar-refractivity contribution in [2.45, 2.75) is 0 Å². The van der Waals surface area contributed by atoms with Crippen molar-refractivity contribution in [3.63, 3.8) is 0 Å². The molecule has 0 nitrogen and oxygen atoms in total. The Hall–Kier alpha value is -2.00. The SMILES string of the molecule is [Se]=P(/C=C/P(c1ccccc1)c1ccccc1)(c1ccccc1)c1ccccc1. The first-order valence-corrected chi connectivity index (χ1v) is 15.1. The van der Waals surface area contributed by atoms with Crippen molar-refractivity contribution in [1.82, 2.24) is 0 Å². The summed E-state index contributed by atoms with van der Waals surface area (Å²) in [5.41, 5.74) is -1.76. The number of benzene rings is 4. The molecule has 0 aliphatic heterocycles. The molecule has 29 heavy (non-hydrogen) atoms. The molecule has 0 saturated carbocycles. The molecule has 0 bridgehead atoms. The van der Waals surface area contributed by atoms with Gasteiger partial charge in [0.15, 0.2) is 0 Å². The van der Waals surface area contributed by atoms with Gasteiger partial charge in [0, 0.05) is 0 Å². The van der Waals surface area contributed by atoms with Crippen LogP contribution < -0.4 is 21.2 Å². The summed E-state index contributed by atoms with van der Waals surface area (Å²) < 4.78 is 0. The monoisotopic (exact) mass is 476 g/mol. The summed E-state index contributed by atoms with van der Waals surface area (Å²) in [7, 11) is -0.569. The van der Waals surface area contributed by atoms with Crippen molar-refractivity contribution >= 4 is 49.7 Å². The molecule has 3 heteroatoms. The molecule has 0 atom stereocenters. The predicted molar refractivity (Wildman–Crippen MR) is 133 cm³/mol. The van der Waals surface area contributed by atoms with Crippen LogP contribution in [0.25, 0.3) is 0 Å². The van der Waals surface area contributed by atoms with E-state index in [2.05, 4.69) is 148 Å². The van der Waals surface area contributed by atoms with Crippen LogP contribution in [0.1, 0.15) is 0 Å². The minimum atomic E-state index is -1.76. The summed E-state index contributed by atoms with van der Waals surface area (Å²) in [6.07, 6.45) is 0. The topological polar surface area (TPSA) is 0 Å². The van der Waals surface area contributed by atoms with E-state index >= 15 is 0 Å². The third-order valence-electron chi connectivity index (χ3n) is 4.77. The molecule has 0 unspecified atom stereocenters. The third kappa shape index (κ3) is 4.78. The van der Waals surface area contributed by atoms with Gasteiger partial charge in [-0.2, -0.15) is 0 Å². The molecule has 0 spiro atoms. The molecule has 142 valence electrons. The van der Waals surface area contributed by atoms with Crippen LogP contribution in [0.15, 0.2) is 133 Å². The Bertz CT molecular complexity index is 1030. The van der Waals surface area contributed by atoms with Gasteiger partial charge in [0.25, 0.3) is 0 Å². The van der Waals surface area contributed by atoms with E-state index in [1.54, 1.807) is 0 Å². The van der Waals surface area contributed by atoms with Gasteiger partial charge in [0.05, 0.1) is 0 Å². The van der Waals surface area contributed by atoms with Crippen molar-refractivity contribution in [3.05, 3.63) is 133 Å². The zero-order chi connectivity index (χ0) is 19.9. The van der Waals surface area contributed by atoms with E-state index in [0.717, 1.165) is 0 Å². The summed E-state index contributed by atoms with van der Waals surface area (Å²) in [6.45, 7) is 0. The Kier molecular flexibility index (Phi) is 6.76. The number of rotatable bonds is 6. The molecule has 0 aliphatic rings. The van der Waals surface area contributed by atoms with Crippen LogP contribution in [0.4, 0.5) is 0 Å². The number of hydrogen-bond acceptors (Lipinski definition) is 0. The van der Waals surface area contributed by atoms with Gasteiger partial charge in [-0.05, 0) is 0 Å². The van der Waals surface area contributed by atoms with Crippen molar-refractivity contribution in [1.29, 1.82) is 0 Å². The molecule has 0 heterocycles. The molecular weight excluding hydrogens is 453 g/mol. The van der Waals surface area contributed by atoms with Gasteiger partial charge in [-0.1, -0.05) is 0 Å². The normalized spacial score (nSPS) is 11.8. The summed E-state index contributed by atoms with van der Waals surface area (Å²) in [4.78, 5) is 0. The molecule has 0 fully saturated rings. The molecule has 4 aromatic rings. The zero-order valence-electron chi connectivity index (χ0n) is 16.0. The van der Waals surface area contributed by atoms with Gasteiger partial charge in [0.1, 0.15) is 0 Å². The van der Waals surface area contributed by atoms with Crippen LogP contribution in [0.2, 0.25) is 0 Å². The zero-order valence-corrected chi connectivity index (χ0v) is 19.5. The maximum absolute atomic E-state index is 3.62. The van der Waals surface area contributed by atoms with E-state index in [1.165, 1.54) is 21.2 Å². The molecule has 0 saturated heterocycles. The van der Waals surface area contributed by atoms with E-state index in [4.69, 9.17) is 0 Å². The summed E-state index contributed by atoms with van der Waals surface area (Å²) >= 11 is 3.62. The Morgan fingerprint density at radius 2 is 0.862 bits per heavy atom. The first-order valence-electron chi connectivity index (χ1n) is 9.57. The minimum absolute atomic E-state index is 0.569. The van der Waals surface area contributed by atoms with Crippen molar-refractivity contribution in [2.75, 3.05) is 0 Å². The van der Waals surface area contributed by atoms with Gasteiger partial charge in [-0.15, -0.1) is 0 Å². The van der Waals surface area contributed by atoms with Crippen molar-refractivity contribution in [3.8, 4) is 0 Å². The molecule has 0 radical (unpaired) electrons. The van der Waals surface area contributed by atoms with Gasteiger partial charge in [0.2, 0.25) is 0 Å². The average molecular weight is 475 g/mol. The molecule has 4 rings (SSSR count). The van der Waals surface area contributed by atoms with Crippen LogP contribution in [-0.2, 0) is 0 Å². The Labute approximate surface area is 182 Å². The van der Waals surface area contributed by atoms with Crippen LogP contribution >= 0.6 is 13.4 Å². The quantitative estimate of drug-likeness (QED) is 0.261. The fourth-order valence-corrected chi connectivity index (χ4v) is 10.6. The van der Waals surface area contributed by atoms with Gasteiger partial charge >= 0.3 is 183 Å². The van der Waals surface area contributed by atoms with Crippen molar-refractivity contribution < 1.29 is 0 Å². The summed E-state index contributed by atoms with van der Waals surface area (Å²) in [6, 6.07) is 43.4. The van der Waals surface area contributed by atoms with Crippen LogP contribution in [0.5, 0.6) is 0 Å². The third-order valence-corrected chi connectivity index (χ3v) is 13.3. The summed E-state index contributed by atoms with van der Waals surface area (Å²) in [5, 5.41) is 5.47. The average Bonchev–Trinajstić information content (AvgIpc) is 2.81. The summed E-state index contributed by atoms with van der Waals surface area (Å²) in [5.74, 6) is 4.91. The molecule has 0 N–H and O–H groups in total. The molecular formula is C26H22P2Se. The van der Waals surface area contributed by atoms with Gasteiger partial charge in [-0.25, -0.2) is 0 Å². The van der Waals surface area contributed by atoms with E-state index in [0.29, 0.717) is 0 Å². The van der Waals surface area contributed by atoms with E-state index < -0.39 is 13.4 Å². The second kappa shape index (κ2) is 9.67. The first kappa shape index (κ1) is 20.3. The predicted octanol–water partition coefficient (Wildman–Crippen LogP) is 5.34. The van der Waals surface area contributed by atoms with Gasteiger partial charge in [-0.3, -0.25) is 0 Å². The van der Waals surface area contributed by atoms with Crippen molar-refractivity contribution in [2.24, 2.45) is 0 Å². The molecule has 4 aromatic carbocycles. The molecule has 0 aromatic heterocycles. The number of hydrogen-bond donors (Lipinski definition) is 0. The van der Waals surface area contributed by atoms with Crippen LogP contribution in [0, 0.1) is 0 Å². The second-order valence-electron chi connectivity index (χ2n) is 6.67. The molecule has 0 amide bonds. The van der Waals surface area contributed by atoms with E-state index in [9.17, 15) is 0 Å². The Morgan fingerprint density at radius 3 is 1.24 bits per heavy atom. The van der Waals surface area contributed by atoms with Crippen LogP contribution in [0.3, 0.4) is 0 Å². The molecule has 0 aliphatic carbocycles. The van der Waals surface area contributed by atoms with Gasteiger partial charge < -0.3 is 0 Å².